The van der Waals surface area contributed by atoms with Crippen LogP contribution >= 0.6 is 0 Å². The molecule has 0 amide bonds. The Morgan fingerprint density at radius 3 is 2.76 bits per heavy atom. The summed E-state index contributed by atoms with van der Waals surface area (Å²) in [7, 11) is 0. The highest BCUT2D eigenvalue weighted by atomic mass is 16.5. The van der Waals surface area contributed by atoms with Crippen LogP contribution in [0.15, 0.2) is 42.7 Å². The van der Waals surface area contributed by atoms with E-state index in [1.807, 2.05) is 29.1 Å². The fourth-order valence-electron chi connectivity index (χ4n) is 2.05. The van der Waals surface area contributed by atoms with Gasteiger partial charge in [-0.3, -0.25) is 0 Å². The summed E-state index contributed by atoms with van der Waals surface area (Å²) in [6, 6.07) is 10.2. The van der Waals surface area contributed by atoms with Crippen LogP contribution in [0.1, 0.15) is 31.7 Å². The number of aromatic nitrogens is 2. The Hall–Kier alpha value is -1.65. The minimum atomic E-state index is 0.844. The van der Waals surface area contributed by atoms with E-state index >= 15 is 0 Å². The molecule has 0 aliphatic carbocycles. The average molecular weight is 287 g/mol. The van der Waals surface area contributed by atoms with Crippen LogP contribution in [-0.4, -0.2) is 29.5 Å². The summed E-state index contributed by atoms with van der Waals surface area (Å²) in [4.78, 5) is 0. The lowest BCUT2D eigenvalue weighted by molar-refractivity contribution is 0.129. The number of nitrogens with one attached hydrogen (secondary N) is 1. The maximum Gasteiger partial charge on any atom is 0.0645 e. The zero-order chi connectivity index (χ0) is 14.8. The smallest absolute Gasteiger partial charge is 0.0645 e. The van der Waals surface area contributed by atoms with Gasteiger partial charge in [0.15, 0.2) is 0 Å². The van der Waals surface area contributed by atoms with E-state index in [1.54, 1.807) is 0 Å². The molecule has 0 saturated carbocycles. The third-order valence-corrected chi connectivity index (χ3v) is 3.27. The van der Waals surface area contributed by atoms with Crippen LogP contribution in [0.4, 0.5) is 0 Å². The van der Waals surface area contributed by atoms with Gasteiger partial charge in [0.05, 0.1) is 11.9 Å². The summed E-state index contributed by atoms with van der Waals surface area (Å²) in [6.45, 7) is 5.74. The molecular weight excluding hydrogens is 262 g/mol. The third-order valence-electron chi connectivity index (χ3n) is 3.27. The maximum atomic E-state index is 5.53. The minimum absolute atomic E-state index is 0.844. The Morgan fingerprint density at radius 1 is 1.14 bits per heavy atom. The maximum absolute atomic E-state index is 5.53. The van der Waals surface area contributed by atoms with Crippen molar-refractivity contribution in [2.75, 3.05) is 19.8 Å². The van der Waals surface area contributed by atoms with E-state index in [-0.39, 0.29) is 0 Å². The number of ether oxygens (including phenoxy) is 1. The largest absolute Gasteiger partial charge is 0.381 e. The monoisotopic (exact) mass is 287 g/mol. The number of hydrogen-bond acceptors (Lipinski definition) is 3. The van der Waals surface area contributed by atoms with Gasteiger partial charge in [0.25, 0.3) is 0 Å². The second-order valence-electron chi connectivity index (χ2n) is 5.12. The van der Waals surface area contributed by atoms with Crippen molar-refractivity contribution in [3.8, 4) is 5.69 Å². The van der Waals surface area contributed by atoms with Crippen molar-refractivity contribution in [3.63, 3.8) is 0 Å². The van der Waals surface area contributed by atoms with Gasteiger partial charge in [-0.25, -0.2) is 4.68 Å². The molecule has 0 unspecified atom stereocenters. The van der Waals surface area contributed by atoms with E-state index in [0.717, 1.165) is 44.8 Å². The van der Waals surface area contributed by atoms with Crippen molar-refractivity contribution < 1.29 is 4.74 Å². The number of unbranched alkanes of at least 4 members (excludes halogenated alkanes) is 1. The van der Waals surface area contributed by atoms with Crippen molar-refractivity contribution in [1.82, 2.24) is 15.1 Å². The van der Waals surface area contributed by atoms with E-state index in [0.29, 0.717) is 0 Å². The molecule has 4 nitrogen and oxygen atoms in total. The molecule has 1 aromatic heterocycles. The Balaban J connectivity index is 1.63. The lowest BCUT2D eigenvalue weighted by Gasteiger charge is -2.04. The SMILES string of the molecule is CCCCOCCCNCc1cnn(-c2ccccc2)c1. The molecule has 2 rings (SSSR count). The van der Waals surface area contributed by atoms with Crippen LogP contribution in [0.2, 0.25) is 0 Å². The lowest BCUT2D eigenvalue weighted by Crippen LogP contribution is -2.16. The van der Waals surface area contributed by atoms with Gasteiger partial charge in [0, 0.05) is 31.5 Å². The van der Waals surface area contributed by atoms with Crippen molar-refractivity contribution in [3.05, 3.63) is 48.3 Å². The first-order valence-corrected chi connectivity index (χ1v) is 7.77. The molecule has 0 bridgehead atoms. The second kappa shape index (κ2) is 9.32. The van der Waals surface area contributed by atoms with Gasteiger partial charge in [-0.05, 0) is 31.5 Å². The number of rotatable bonds is 10. The quantitative estimate of drug-likeness (QED) is 0.682. The number of para-hydroxylation sites is 1. The second-order valence-corrected chi connectivity index (χ2v) is 5.12. The van der Waals surface area contributed by atoms with Crippen LogP contribution in [0, 0.1) is 0 Å². The van der Waals surface area contributed by atoms with Gasteiger partial charge < -0.3 is 10.1 Å². The number of hydrogen-bond donors (Lipinski definition) is 1. The third kappa shape index (κ3) is 5.69. The van der Waals surface area contributed by atoms with Crippen LogP contribution < -0.4 is 5.32 Å². The molecule has 1 aromatic carbocycles. The summed E-state index contributed by atoms with van der Waals surface area (Å²) in [6.07, 6.45) is 7.39. The molecule has 0 aliphatic rings. The van der Waals surface area contributed by atoms with Gasteiger partial charge in [0.1, 0.15) is 0 Å². The standard InChI is InChI=1S/C17H25N3O/c1-2-3-11-21-12-7-10-18-13-16-14-19-20(15-16)17-8-5-4-6-9-17/h4-6,8-9,14-15,18H,2-3,7,10-13H2,1H3. The Bertz CT molecular complexity index is 496. The summed E-state index contributed by atoms with van der Waals surface area (Å²) >= 11 is 0. The molecule has 0 spiro atoms. The molecule has 114 valence electrons. The summed E-state index contributed by atoms with van der Waals surface area (Å²) in [5.41, 5.74) is 2.29. The van der Waals surface area contributed by atoms with E-state index in [4.69, 9.17) is 4.74 Å². The van der Waals surface area contributed by atoms with Crippen molar-refractivity contribution in [2.24, 2.45) is 0 Å². The summed E-state index contributed by atoms with van der Waals surface area (Å²) < 4.78 is 7.44. The first-order chi connectivity index (χ1) is 10.4. The number of benzene rings is 1. The normalized spacial score (nSPS) is 10.9. The Morgan fingerprint density at radius 2 is 1.95 bits per heavy atom. The van der Waals surface area contributed by atoms with Crippen LogP contribution in [0.3, 0.4) is 0 Å². The Labute approximate surface area is 127 Å². The fourth-order valence-corrected chi connectivity index (χ4v) is 2.05. The summed E-state index contributed by atoms with van der Waals surface area (Å²) in [5.74, 6) is 0. The van der Waals surface area contributed by atoms with E-state index in [9.17, 15) is 0 Å². The highest BCUT2D eigenvalue weighted by molar-refractivity contribution is 5.30. The molecule has 1 N–H and O–H groups in total. The van der Waals surface area contributed by atoms with Crippen LogP contribution in [0.25, 0.3) is 5.69 Å². The van der Waals surface area contributed by atoms with Gasteiger partial charge in [0.2, 0.25) is 0 Å². The molecule has 1 heterocycles. The van der Waals surface area contributed by atoms with Crippen LogP contribution in [0.5, 0.6) is 0 Å². The van der Waals surface area contributed by atoms with Crippen molar-refractivity contribution in [2.45, 2.75) is 32.7 Å². The number of nitrogens with zero attached hydrogens (tertiary/aromatic N) is 2. The topological polar surface area (TPSA) is 39.1 Å². The predicted molar refractivity (Wildman–Crippen MR) is 85.6 cm³/mol. The predicted octanol–water partition coefficient (Wildman–Crippen LogP) is 3.17. The molecule has 4 heteroatoms. The van der Waals surface area contributed by atoms with Crippen molar-refractivity contribution >= 4 is 0 Å². The zero-order valence-corrected chi connectivity index (χ0v) is 12.8. The fraction of sp³-hybridized carbons (Fsp3) is 0.471. The first-order valence-electron chi connectivity index (χ1n) is 7.77. The minimum Gasteiger partial charge on any atom is -0.381 e. The first kappa shape index (κ1) is 15.7. The molecule has 0 fully saturated rings. The zero-order valence-electron chi connectivity index (χ0n) is 12.8. The highest BCUT2D eigenvalue weighted by Crippen LogP contribution is 2.07. The van der Waals surface area contributed by atoms with Crippen molar-refractivity contribution in [1.29, 1.82) is 0 Å². The van der Waals surface area contributed by atoms with Gasteiger partial charge in [-0.1, -0.05) is 31.5 Å². The van der Waals surface area contributed by atoms with Gasteiger partial charge in [-0.15, -0.1) is 0 Å². The molecule has 0 radical (unpaired) electrons. The van der Waals surface area contributed by atoms with Gasteiger partial charge >= 0.3 is 0 Å². The highest BCUT2D eigenvalue weighted by Gasteiger charge is 2.00. The molecule has 0 aliphatic heterocycles. The Kier molecular flexibility index (Phi) is 6.98. The summed E-state index contributed by atoms with van der Waals surface area (Å²) in [5, 5.41) is 7.81. The molecule has 21 heavy (non-hydrogen) atoms. The van der Waals surface area contributed by atoms with E-state index < -0.39 is 0 Å². The molecule has 0 saturated heterocycles. The molecule has 2 aromatic rings. The van der Waals surface area contributed by atoms with E-state index in [1.165, 1.54) is 12.0 Å². The van der Waals surface area contributed by atoms with Crippen LogP contribution in [-0.2, 0) is 11.3 Å². The lowest BCUT2D eigenvalue weighted by atomic mass is 10.3. The van der Waals surface area contributed by atoms with Gasteiger partial charge in [-0.2, -0.15) is 5.10 Å². The molecular formula is C17H25N3O. The molecule has 0 atom stereocenters. The van der Waals surface area contributed by atoms with E-state index in [2.05, 4.69) is 35.7 Å². The average Bonchev–Trinajstić information content (AvgIpc) is 3.00.